The minimum absolute atomic E-state index is 0.303. The van der Waals surface area contributed by atoms with Crippen molar-refractivity contribution in [2.24, 2.45) is 0 Å². The van der Waals surface area contributed by atoms with Crippen molar-refractivity contribution in [2.75, 3.05) is 0 Å². The Morgan fingerprint density at radius 3 is 2.33 bits per heavy atom. The van der Waals surface area contributed by atoms with Crippen molar-refractivity contribution >= 4 is 5.97 Å². The van der Waals surface area contributed by atoms with Gasteiger partial charge in [-0.1, -0.05) is 0 Å². The SMILES string of the molecule is N#Cc1cc(C(=O)O)c(C(F)(F)F)c(C(F)F)n1. The van der Waals surface area contributed by atoms with E-state index in [0.29, 0.717) is 6.07 Å². The van der Waals surface area contributed by atoms with E-state index in [0.717, 1.165) is 0 Å². The van der Waals surface area contributed by atoms with Crippen molar-refractivity contribution in [3.8, 4) is 6.07 Å². The number of rotatable bonds is 2. The van der Waals surface area contributed by atoms with Crippen LogP contribution in [-0.2, 0) is 6.18 Å². The largest absolute Gasteiger partial charge is 0.478 e. The van der Waals surface area contributed by atoms with Crippen LogP contribution < -0.4 is 0 Å². The normalized spacial score (nSPS) is 11.4. The summed E-state index contributed by atoms with van der Waals surface area (Å²) in [6.07, 6.45) is -8.95. The number of halogens is 5. The average Bonchev–Trinajstić information content (AvgIpc) is 2.25. The van der Waals surface area contributed by atoms with Gasteiger partial charge in [0.05, 0.1) is 11.1 Å². The highest BCUT2D eigenvalue weighted by molar-refractivity contribution is 5.90. The van der Waals surface area contributed by atoms with Crippen LogP contribution in [-0.4, -0.2) is 16.1 Å². The van der Waals surface area contributed by atoms with E-state index in [9.17, 15) is 26.7 Å². The van der Waals surface area contributed by atoms with E-state index in [4.69, 9.17) is 10.4 Å². The molecule has 18 heavy (non-hydrogen) atoms. The van der Waals surface area contributed by atoms with E-state index in [2.05, 4.69) is 4.98 Å². The predicted molar refractivity (Wildman–Crippen MR) is 45.9 cm³/mol. The van der Waals surface area contributed by atoms with E-state index in [1.54, 1.807) is 0 Å². The van der Waals surface area contributed by atoms with Crippen LogP contribution in [0.1, 0.15) is 33.7 Å². The lowest BCUT2D eigenvalue weighted by atomic mass is 10.0. The molecule has 0 aromatic carbocycles. The minimum Gasteiger partial charge on any atom is -0.478 e. The maximum atomic E-state index is 12.5. The fourth-order valence-electron chi connectivity index (χ4n) is 1.25. The van der Waals surface area contributed by atoms with Crippen molar-refractivity contribution in [3.63, 3.8) is 0 Å². The average molecular weight is 266 g/mol. The summed E-state index contributed by atoms with van der Waals surface area (Å²) in [4.78, 5) is 13.4. The first-order valence-electron chi connectivity index (χ1n) is 4.22. The van der Waals surface area contributed by atoms with Gasteiger partial charge in [-0.2, -0.15) is 18.4 Å². The molecule has 0 aliphatic carbocycles. The minimum atomic E-state index is -5.31. The van der Waals surface area contributed by atoms with Crippen LogP contribution in [0.5, 0.6) is 0 Å². The molecule has 0 atom stereocenters. The molecule has 0 bridgehead atoms. The number of nitrogens with zero attached hydrogens (tertiary/aromatic N) is 2. The maximum Gasteiger partial charge on any atom is 0.419 e. The molecule has 0 aliphatic heterocycles. The third kappa shape index (κ3) is 2.53. The van der Waals surface area contributed by atoms with Gasteiger partial charge in [0.15, 0.2) is 0 Å². The molecule has 0 aliphatic rings. The highest BCUT2D eigenvalue weighted by Crippen LogP contribution is 2.38. The predicted octanol–water partition coefficient (Wildman–Crippen LogP) is 2.61. The summed E-state index contributed by atoms with van der Waals surface area (Å²) in [7, 11) is 0. The van der Waals surface area contributed by atoms with Gasteiger partial charge >= 0.3 is 12.1 Å². The first-order valence-corrected chi connectivity index (χ1v) is 4.22. The number of carboxylic acid groups (broad SMARTS) is 1. The van der Waals surface area contributed by atoms with Crippen LogP contribution in [0.3, 0.4) is 0 Å². The third-order valence-electron chi connectivity index (χ3n) is 1.88. The lowest BCUT2D eigenvalue weighted by Gasteiger charge is -2.14. The molecule has 0 spiro atoms. The Morgan fingerprint density at radius 1 is 1.44 bits per heavy atom. The van der Waals surface area contributed by atoms with Crippen LogP contribution in [0.25, 0.3) is 0 Å². The summed E-state index contributed by atoms with van der Waals surface area (Å²) in [5.41, 5.74) is -6.05. The third-order valence-corrected chi connectivity index (χ3v) is 1.88. The van der Waals surface area contributed by atoms with E-state index < -0.39 is 41.1 Å². The zero-order valence-corrected chi connectivity index (χ0v) is 8.29. The van der Waals surface area contributed by atoms with E-state index in [1.807, 2.05) is 0 Å². The second-order valence-corrected chi connectivity index (χ2v) is 3.03. The molecule has 0 radical (unpaired) electrons. The topological polar surface area (TPSA) is 74.0 Å². The van der Waals surface area contributed by atoms with Gasteiger partial charge in [0.1, 0.15) is 17.5 Å². The zero-order valence-electron chi connectivity index (χ0n) is 8.29. The lowest BCUT2D eigenvalue weighted by molar-refractivity contribution is -0.140. The number of hydrogen-bond donors (Lipinski definition) is 1. The molecular formula is C9H3F5N2O2. The molecule has 96 valence electrons. The fraction of sp³-hybridized carbons (Fsp3) is 0.222. The smallest absolute Gasteiger partial charge is 0.419 e. The van der Waals surface area contributed by atoms with Crippen molar-refractivity contribution in [1.82, 2.24) is 4.98 Å². The van der Waals surface area contributed by atoms with Crippen molar-refractivity contribution < 1.29 is 31.9 Å². The zero-order chi connectivity index (χ0) is 14.1. The fourth-order valence-corrected chi connectivity index (χ4v) is 1.25. The van der Waals surface area contributed by atoms with Crippen LogP contribution >= 0.6 is 0 Å². The number of carbonyl (C=O) groups is 1. The highest BCUT2D eigenvalue weighted by Gasteiger charge is 2.41. The molecule has 1 rings (SSSR count). The molecule has 0 saturated heterocycles. The number of aromatic nitrogens is 1. The Balaban J connectivity index is 3.74. The monoisotopic (exact) mass is 266 g/mol. The van der Waals surface area contributed by atoms with Crippen LogP contribution in [0, 0.1) is 11.3 Å². The van der Waals surface area contributed by atoms with Gasteiger partial charge in [-0.05, 0) is 6.07 Å². The van der Waals surface area contributed by atoms with Crippen molar-refractivity contribution in [2.45, 2.75) is 12.6 Å². The van der Waals surface area contributed by atoms with Crippen LogP contribution in [0.15, 0.2) is 6.07 Å². The molecule has 1 aromatic heterocycles. The first kappa shape index (κ1) is 13.8. The highest BCUT2D eigenvalue weighted by atomic mass is 19.4. The second-order valence-electron chi connectivity index (χ2n) is 3.03. The van der Waals surface area contributed by atoms with E-state index >= 15 is 0 Å². The number of nitriles is 1. The van der Waals surface area contributed by atoms with Gasteiger partial charge < -0.3 is 5.11 Å². The number of alkyl halides is 5. The molecule has 4 nitrogen and oxygen atoms in total. The van der Waals surface area contributed by atoms with E-state index in [1.165, 1.54) is 6.07 Å². The molecule has 1 N–H and O–H groups in total. The van der Waals surface area contributed by atoms with Gasteiger partial charge in [0.2, 0.25) is 0 Å². The Bertz CT molecular complexity index is 533. The number of pyridine rings is 1. The number of aromatic carboxylic acids is 1. The summed E-state index contributed by atoms with van der Waals surface area (Å²) in [6, 6.07) is 1.52. The summed E-state index contributed by atoms with van der Waals surface area (Å²) < 4.78 is 62.5. The van der Waals surface area contributed by atoms with E-state index in [-0.39, 0.29) is 0 Å². The van der Waals surface area contributed by atoms with Crippen molar-refractivity contribution in [1.29, 1.82) is 5.26 Å². The van der Waals surface area contributed by atoms with Crippen LogP contribution in [0.2, 0.25) is 0 Å². The molecule has 0 fully saturated rings. The van der Waals surface area contributed by atoms with Crippen LogP contribution in [0.4, 0.5) is 22.0 Å². The number of carboxylic acids is 1. The summed E-state index contributed by atoms with van der Waals surface area (Å²) in [6.45, 7) is 0. The standard InChI is InChI=1S/C9H3F5N2O2/c10-7(11)6-5(9(12,13)14)4(8(17)18)1-3(2-15)16-6/h1,7H,(H,17,18). The molecule has 0 saturated carbocycles. The Kier molecular flexibility index (Phi) is 3.50. The van der Waals surface area contributed by atoms with Gasteiger partial charge in [0, 0.05) is 0 Å². The summed E-state index contributed by atoms with van der Waals surface area (Å²) >= 11 is 0. The first-order chi connectivity index (χ1) is 8.18. The maximum absolute atomic E-state index is 12.5. The van der Waals surface area contributed by atoms with Gasteiger partial charge in [-0.15, -0.1) is 0 Å². The van der Waals surface area contributed by atoms with Gasteiger partial charge in [-0.3, -0.25) is 0 Å². The number of hydrogen-bond acceptors (Lipinski definition) is 3. The molecule has 0 amide bonds. The van der Waals surface area contributed by atoms with Crippen molar-refractivity contribution in [3.05, 3.63) is 28.6 Å². The molecule has 0 unspecified atom stereocenters. The summed E-state index contributed by atoms with van der Waals surface area (Å²) in [5.74, 6) is -2.07. The lowest BCUT2D eigenvalue weighted by Crippen LogP contribution is -2.18. The second kappa shape index (κ2) is 4.56. The Hall–Kier alpha value is -2.24. The van der Waals surface area contributed by atoms with Gasteiger partial charge in [-0.25, -0.2) is 18.6 Å². The molecular weight excluding hydrogens is 263 g/mol. The summed E-state index contributed by atoms with van der Waals surface area (Å²) in [5, 5.41) is 17.0. The van der Waals surface area contributed by atoms with Gasteiger partial charge in [0.25, 0.3) is 6.43 Å². The quantitative estimate of drug-likeness (QED) is 0.835. The molecule has 1 aromatic rings. The Morgan fingerprint density at radius 2 is 2.00 bits per heavy atom. The molecule has 1 heterocycles. The molecule has 9 heteroatoms. The Labute approximate surface area is 96.3 Å².